The molecule has 12 nitrogen and oxygen atoms in total. The Morgan fingerprint density at radius 2 is 1.72 bits per heavy atom. The van der Waals surface area contributed by atoms with Crippen LogP contribution in [0.2, 0.25) is 0 Å². The largest absolute Gasteiger partial charge is 0.385 e. The molecular weight excluding hydrogens is 729 g/mol. The van der Waals surface area contributed by atoms with Crippen molar-refractivity contribution in [2.45, 2.75) is 83.3 Å². The van der Waals surface area contributed by atoms with Crippen LogP contribution in [0.5, 0.6) is 0 Å². The summed E-state index contributed by atoms with van der Waals surface area (Å²) in [7, 11) is 0. The van der Waals surface area contributed by atoms with Crippen molar-refractivity contribution in [2.75, 3.05) is 62.6 Å². The summed E-state index contributed by atoms with van der Waals surface area (Å²) < 4.78 is 0. The third-order valence-electron chi connectivity index (χ3n) is 13.6. The molecule has 4 aromatic rings. The molecule has 9 rings (SSSR count). The van der Waals surface area contributed by atoms with Gasteiger partial charge in [-0.15, -0.1) is 0 Å². The van der Waals surface area contributed by atoms with Crippen molar-refractivity contribution in [2.24, 2.45) is 0 Å². The molecule has 1 unspecified atom stereocenters. The summed E-state index contributed by atoms with van der Waals surface area (Å²) in [6.45, 7) is 15.0. The minimum absolute atomic E-state index is 0.0628. The normalized spacial score (nSPS) is 21.2. The lowest BCUT2D eigenvalue weighted by Crippen LogP contribution is -2.53. The van der Waals surface area contributed by atoms with E-state index in [1.807, 2.05) is 30.3 Å². The minimum Gasteiger partial charge on any atom is -0.385 e. The maximum atomic E-state index is 14.1. The van der Waals surface area contributed by atoms with Crippen LogP contribution in [0.25, 0.3) is 10.9 Å². The topological polar surface area (TPSA) is 145 Å². The summed E-state index contributed by atoms with van der Waals surface area (Å²) in [6.07, 6.45) is 4.68. The number of H-pyrrole nitrogens is 1. The van der Waals surface area contributed by atoms with Crippen LogP contribution in [-0.2, 0) is 28.0 Å². The molecule has 12 heteroatoms. The number of nitrogens with zero attached hydrogens (tertiary/aromatic N) is 5. The molecule has 1 aliphatic carbocycles. The van der Waals surface area contributed by atoms with E-state index in [0.29, 0.717) is 30.1 Å². The maximum Gasteiger partial charge on any atom is 0.255 e. The molecule has 0 bridgehead atoms. The quantitative estimate of drug-likeness (QED) is 0.152. The Kier molecular flexibility index (Phi) is 9.85. The molecule has 0 spiro atoms. The van der Waals surface area contributed by atoms with E-state index in [1.54, 1.807) is 11.0 Å². The number of rotatable bonds is 9. The zero-order valence-corrected chi connectivity index (χ0v) is 33.7. The number of nitriles is 1. The van der Waals surface area contributed by atoms with E-state index in [2.05, 4.69) is 69.3 Å². The Labute approximate surface area is 339 Å². The Bertz CT molecular complexity index is 2380. The van der Waals surface area contributed by atoms with E-state index in [-0.39, 0.29) is 29.9 Å². The molecule has 5 heterocycles. The van der Waals surface area contributed by atoms with Crippen LogP contribution < -0.4 is 15.5 Å². The van der Waals surface area contributed by atoms with Crippen molar-refractivity contribution < 1.29 is 19.2 Å². The summed E-state index contributed by atoms with van der Waals surface area (Å²) in [5.41, 5.74) is 9.51. The molecular formula is C46H52N8O4. The number of fused-ring (bicyclic) bond motifs is 5. The Hall–Kier alpha value is -5.51. The molecule has 3 amide bonds. The molecule has 0 radical (unpaired) electrons. The number of piperazine rings is 1. The summed E-state index contributed by atoms with van der Waals surface area (Å²) in [5.74, 6) is -0.752. The first kappa shape index (κ1) is 38.0. The lowest BCUT2D eigenvalue weighted by molar-refractivity contribution is -0.136. The average Bonchev–Trinajstić information content (AvgIpc) is 3.80. The van der Waals surface area contributed by atoms with Crippen molar-refractivity contribution in [3.63, 3.8) is 0 Å². The number of carbonyl (C=O) groups is 4. The van der Waals surface area contributed by atoms with Gasteiger partial charge in [-0.2, -0.15) is 5.26 Å². The van der Waals surface area contributed by atoms with Gasteiger partial charge in [-0.05, 0) is 86.2 Å². The number of aromatic nitrogens is 1. The van der Waals surface area contributed by atoms with E-state index in [1.165, 1.54) is 11.3 Å². The van der Waals surface area contributed by atoms with Gasteiger partial charge >= 0.3 is 0 Å². The lowest BCUT2D eigenvalue weighted by atomic mass is 9.70. The highest BCUT2D eigenvalue weighted by molar-refractivity contribution is 6.20. The van der Waals surface area contributed by atoms with Gasteiger partial charge in [0.05, 0.1) is 17.2 Å². The summed E-state index contributed by atoms with van der Waals surface area (Å²) >= 11 is 0. The van der Waals surface area contributed by atoms with Crippen LogP contribution in [-0.4, -0.2) is 108 Å². The number of piperidine rings is 2. The van der Waals surface area contributed by atoms with Gasteiger partial charge in [-0.25, -0.2) is 0 Å². The predicted octanol–water partition coefficient (Wildman–Crippen LogP) is 5.32. The SMILES string of the molecule is CCc1cc2c(cc1N1CCC(N3CCN(CCCNc4cccc5c4CN(C4CCC(=O)NC4=O)C5=O)CC3)CC1)C(C)(C)c1[nH]c3cc(C#N)ccc3c1C2=O. The van der Waals surface area contributed by atoms with Gasteiger partial charge in [0.25, 0.3) is 5.91 Å². The van der Waals surface area contributed by atoms with E-state index < -0.39 is 11.5 Å². The number of carbonyl (C=O) groups excluding carboxylic acids is 4. The number of ketones is 1. The van der Waals surface area contributed by atoms with Crippen molar-refractivity contribution in [3.8, 4) is 6.07 Å². The van der Waals surface area contributed by atoms with Crippen LogP contribution >= 0.6 is 0 Å². The minimum atomic E-state index is -0.612. The molecule has 3 N–H and O–H groups in total. The van der Waals surface area contributed by atoms with E-state index in [4.69, 9.17) is 0 Å². The number of anilines is 2. The van der Waals surface area contributed by atoms with Gasteiger partial charge < -0.3 is 25.0 Å². The molecule has 1 atom stereocenters. The zero-order valence-electron chi connectivity index (χ0n) is 33.7. The van der Waals surface area contributed by atoms with E-state index >= 15 is 0 Å². The predicted molar refractivity (Wildman–Crippen MR) is 223 cm³/mol. The number of hydrogen-bond acceptors (Lipinski definition) is 9. The molecule has 1 aromatic heterocycles. The first-order chi connectivity index (χ1) is 28.0. The van der Waals surface area contributed by atoms with Gasteiger partial charge in [-0.3, -0.25) is 29.4 Å². The van der Waals surface area contributed by atoms with Crippen LogP contribution in [0.3, 0.4) is 0 Å². The summed E-state index contributed by atoms with van der Waals surface area (Å²) in [6, 6.07) is 17.9. The van der Waals surface area contributed by atoms with Crippen LogP contribution in [0.4, 0.5) is 11.4 Å². The monoisotopic (exact) mass is 780 g/mol. The summed E-state index contributed by atoms with van der Waals surface area (Å²) in [4.78, 5) is 64.4. The fourth-order valence-electron chi connectivity index (χ4n) is 10.3. The zero-order chi connectivity index (χ0) is 40.3. The maximum absolute atomic E-state index is 14.1. The first-order valence-corrected chi connectivity index (χ1v) is 21.1. The number of aromatic amines is 1. The second-order valence-corrected chi connectivity index (χ2v) is 17.2. The number of aryl methyl sites for hydroxylation is 1. The lowest BCUT2D eigenvalue weighted by Gasteiger charge is -2.44. The molecule has 300 valence electrons. The second kappa shape index (κ2) is 15.0. The van der Waals surface area contributed by atoms with Crippen LogP contribution in [0.15, 0.2) is 48.5 Å². The van der Waals surface area contributed by atoms with E-state index in [0.717, 1.165) is 123 Å². The molecule has 0 saturated carbocycles. The number of benzene rings is 3. The van der Waals surface area contributed by atoms with Gasteiger partial charge in [0.1, 0.15) is 6.04 Å². The number of imide groups is 1. The molecule has 3 fully saturated rings. The first-order valence-electron chi connectivity index (χ1n) is 21.1. The van der Waals surface area contributed by atoms with E-state index in [9.17, 15) is 24.4 Å². The standard InChI is InChI=1S/C46H52N8O4/c1-4-29-24-33-35(46(2,3)43-41(42(33)56)32-10-9-28(26-47)23-37(32)49-43)25-39(29)53-17-13-30(14-18-53)52-21-19-51(20-22-52)16-6-15-48-36-8-5-7-31-34(36)27-54(45(31)58)38-11-12-40(55)50-44(38)57/h5,7-10,23-25,30,38,48-49H,4,6,11-22,27H2,1-3H3,(H,50,55,57). The third-order valence-corrected chi connectivity index (χ3v) is 13.6. The number of amides is 3. The third kappa shape index (κ3) is 6.54. The molecule has 3 aromatic carbocycles. The van der Waals surface area contributed by atoms with Crippen molar-refractivity contribution in [1.29, 1.82) is 5.26 Å². The Morgan fingerprint density at radius 1 is 0.931 bits per heavy atom. The van der Waals surface area contributed by atoms with Crippen LogP contribution in [0.1, 0.15) is 107 Å². The van der Waals surface area contributed by atoms with Gasteiger partial charge in [-0.1, -0.05) is 32.9 Å². The fourth-order valence-corrected chi connectivity index (χ4v) is 10.3. The van der Waals surface area contributed by atoms with Gasteiger partial charge in [0, 0.05) is 115 Å². The number of nitrogens with one attached hydrogen (secondary N) is 3. The molecule has 58 heavy (non-hydrogen) atoms. The van der Waals surface area contributed by atoms with Crippen molar-refractivity contribution in [1.82, 2.24) is 25.0 Å². The highest BCUT2D eigenvalue weighted by Crippen LogP contribution is 2.46. The Balaban J connectivity index is 0.773. The molecule has 3 saturated heterocycles. The highest BCUT2D eigenvalue weighted by Gasteiger charge is 2.42. The fraction of sp³-hybridized carbons (Fsp3) is 0.457. The summed E-state index contributed by atoms with van der Waals surface area (Å²) in [5, 5.41) is 16.3. The van der Waals surface area contributed by atoms with Crippen molar-refractivity contribution >= 4 is 45.8 Å². The Morgan fingerprint density at radius 3 is 2.47 bits per heavy atom. The second-order valence-electron chi connectivity index (χ2n) is 17.2. The average molecular weight is 781 g/mol. The van der Waals surface area contributed by atoms with Gasteiger partial charge in [0.2, 0.25) is 11.8 Å². The van der Waals surface area contributed by atoms with Crippen LogP contribution in [0, 0.1) is 11.3 Å². The molecule has 5 aliphatic rings. The molecule has 4 aliphatic heterocycles. The highest BCUT2D eigenvalue weighted by atomic mass is 16.2. The smallest absolute Gasteiger partial charge is 0.255 e. The van der Waals surface area contributed by atoms with Gasteiger partial charge in [0.15, 0.2) is 5.78 Å². The van der Waals surface area contributed by atoms with Crippen molar-refractivity contribution in [3.05, 3.63) is 93.2 Å². The number of hydrogen-bond donors (Lipinski definition) is 3.